The minimum absolute atomic E-state index is 0.645. The van der Waals surface area contributed by atoms with E-state index in [-0.39, 0.29) is 0 Å². The second-order valence-corrected chi connectivity index (χ2v) is 11.7. The monoisotopic (exact) mass is 585 g/mol. The van der Waals surface area contributed by atoms with Crippen molar-refractivity contribution in [1.82, 2.24) is 9.13 Å². The molecular weight excluding hydrogens is 558 g/mol. The summed E-state index contributed by atoms with van der Waals surface area (Å²) in [5, 5.41) is 14.7. The van der Waals surface area contributed by atoms with Gasteiger partial charge in [-0.1, -0.05) is 109 Å². The zero-order valence-corrected chi connectivity index (χ0v) is 24.9. The first-order valence-electron chi connectivity index (χ1n) is 15.5. The number of aromatic nitrogens is 2. The van der Waals surface area contributed by atoms with Crippen molar-refractivity contribution < 1.29 is 0 Å². The number of hydrogen-bond acceptors (Lipinski definition) is 1. The highest BCUT2D eigenvalue weighted by molar-refractivity contribution is 6.17. The fourth-order valence-electron chi connectivity index (χ4n) is 7.16. The van der Waals surface area contributed by atoms with Crippen molar-refractivity contribution in [3.05, 3.63) is 169 Å². The molecule has 0 aliphatic heterocycles. The van der Waals surface area contributed by atoms with Gasteiger partial charge in [-0.3, -0.25) is 0 Å². The number of benzene rings is 7. The first kappa shape index (κ1) is 26.1. The van der Waals surface area contributed by atoms with E-state index in [2.05, 4.69) is 149 Å². The summed E-state index contributed by atoms with van der Waals surface area (Å²) < 4.78 is 4.73. The highest BCUT2D eigenvalue weighted by atomic mass is 15.0. The maximum atomic E-state index is 9.79. The molecule has 0 spiro atoms. The van der Waals surface area contributed by atoms with Gasteiger partial charge >= 0.3 is 0 Å². The third-order valence-corrected chi connectivity index (χ3v) is 9.15. The zero-order valence-electron chi connectivity index (χ0n) is 24.9. The minimum Gasteiger partial charge on any atom is -0.309 e. The van der Waals surface area contributed by atoms with Gasteiger partial charge in [0.1, 0.15) is 0 Å². The van der Waals surface area contributed by atoms with Crippen LogP contribution in [0.1, 0.15) is 5.56 Å². The lowest BCUT2D eigenvalue weighted by atomic mass is 9.98. The number of nitriles is 1. The van der Waals surface area contributed by atoms with Gasteiger partial charge in [-0.05, 0) is 71.3 Å². The Morgan fingerprint density at radius 1 is 0.413 bits per heavy atom. The maximum absolute atomic E-state index is 9.79. The van der Waals surface area contributed by atoms with Gasteiger partial charge in [-0.15, -0.1) is 0 Å². The third-order valence-electron chi connectivity index (χ3n) is 9.15. The standard InChI is InChI=1S/C43H27N3/c44-28-29-22-25-40(37(26-29)30-12-3-1-4-13-30)46-39-20-10-8-17-36(39)43-33(18-11-21-41(43)46)31-23-24-35-34-16-7-9-19-38(34)45(42(35)27-31)32-14-5-2-6-15-32/h1-27H. The lowest BCUT2D eigenvalue weighted by Gasteiger charge is -2.15. The van der Waals surface area contributed by atoms with Crippen LogP contribution in [-0.4, -0.2) is 9.13 Å². The van der Waals surface area contributed by atoms with Gasteiger partial charge < -0.3 is 9.13 Å². The Hall–Kier alpha value is -6.37. The zero-order chi connectivity index (χ0) is 30.6. The van der Waals surface area contributed by atoms with Crippen LogP contribution in [0.3, 0.4) is 0 Å². The highest BCUT2D eigenvalue weighted by Crippen LogP contribution is 2.42. The van der Waals surface area contributed by atoms with Crippen molar-refractivity contribution in [2.45, 2.75) is 0 Å². The molecule has 0 unspecified atom stereocenters. The van der Waals surface area contributed by atoms with Gasteiger partial charge in [0.05, 0.1) is 39.4 Å². The fourth-order valence-corrected chi connectivity index (χ4v) is 7.16. The van der Waals surface area contributed by atoms with Gasteiger partial charge in [0.2, 0.25) is 0 Å². The molecule has 3 nitrogen and oxygen atoms in total. The molecule has 2 heterocycles. The molecule has 0 atom stereocenters. The van der Waals surface area contributed by atoms with Crippen molar-refractivity contribution in [2.75, 3.05) is 0 Å². The summed E-state index contributed by atoms with van der Waals surface area (Å²) in [7, 11) is 0. The topological polar surface area (TPSA) is 33.6 Å². The Morgan fingerprint density at radius 2 is 1.07 bits per heavy atom. The fraction of sp³-hybridized carbons (Fsp3) is 0. The predicted molar refractivity (Wildman–Crippen MR) is 191 cm³/mol. The molecule has 0 radical (unpaired) electrons. The van der Waals surface area contributed by atoms with E-state index in [0.717, 1.165) is 33.5 Å². The summed E-state index contributed by atoms with van der Waals surface area (Å²) in [6.07, 6.45) is 0. The van der Waals surface area contributed by atoms with Crippen LogP contribution in [0, 0.1) is 11.3 Å². The van der Waals surface area contributed by atoms with E-state index in [9.17, 15) is 5.26 Å². The van der Waals surface area contributed by atoms with Gasteiger partial charge in [0.15, 0.2) is 0 Å². The van der Waals surface area contributed by atoms with Crippen LogP contribution in [0.25, 0.3) is 77.2 Å². The van der Waals surface area contributed by atoms with Crippen LogP contribution in [-0.2, 0) is 0 Å². The summed E-state index contributed by atoms with van der Waals surface area (Å²) in [6.45, 7) is 0. The molecule has 0 aliphatic carbocycles. The summed E-state index contributed by atoms with van der Waals surface area (Å²) in [5.41, 5.74) is 12.0. The van der Waals surface area contributed by atoms with E-state index in [4.69, 9.17) is 0 Å². The van der Waals surface area contributed by atoms with Gasteiger partial charge in [-0.2, -0.15) is 5.26 Å². The number of hydrogen-bond donors (Lipinski definition) is 0. The van der Waals surface area contributed by atoms with Crippen molar-refractivity contribution in [3.8, 4) is 39.7 Å². The molecule has 0 saturated heterocycles. The quantitative estimate of drug-likeness (QED) is 0.202. The van der Waals surface area contributed by atoms with Crippen molar-refractivity contribution in [2.24, 2.45) is 0 Å². The lowest BCUT2D eigenvalue weighted by molar-refractivity contribution is 1.18. The number of para-hydroxylation sites is 3. The first-order valence-corrected chi connectivity index (χ1v) is 15.5. The summed E-state index contributed by atoms with van der Waals surface area (Å²) in [4.78, 5) is 0. The minimum atomic E-state index is 0.645. The van der Waals surface area contributed by atoms with Crippen LogP contribution in [0.4, 0.5) is 0 Å². The SMILES string of the molecule is N#Cc1ccc(-n2c3ccccc3c3c(-c4ccc5c6ccccc6n(-c6ccccc6)c5c4)cccc32)c(-c2ccccc2)c1. The molecule has 214 valence electrons. The second kappa shape index (κ2) is 10.4. The molecule has 9 aromatic rings. The molecular formula is C43H27N3. The van der Waals surface area contributed by atoms with Crippen LogP contribution in [0.15, 0.2) is 164 Å². The highest BCUT2D eigenvalue weighted by Gasteiger charge is 2.20. The van der Waals surface area contributed by atoms with E-state index in [1.54, 1.807) is 0 Å². The Kier molecular flexibility index (Phi) is 5.88. The average Bonchev–Trinajstić information content (AvgIpc) is 3.65. The normalized spacial score (nSPS) is 11.5. The maximum Gasteiger partial charge on any atom is 0.0991 e. The van der Waals surface area contributed by atoms with Crippen molar-refractivity contribution in [3.63, 3.8) is 0 Å². The Labute approximate surface area is 266 Å². The van der Waals surface area contributed by atoms with E-state index >= 15 is 0 Å². The largest absolute Gasteiger partial charge is 0.309 e. The summed E-state index contributed by atoms with van der Waals surface area (Å²) >= 11 is 0. The van der Waals surface area contributed by atoms with Gasteiger partial charge in [0, 0.05) is 32.8 Å². The summed E-state index contributed by atoms with van der Waals surface area (Å²) in [6, 6.07) is 60.1. The number of nitrogens with zero attached hydrogens (tertiary/aromatic N) is 3. The number of rotatable bonds is 4. The molecule has 0 N–H and O–H groups in total. The van der Waals surface area contributed by atoms with Crippen LogP contribution in [0.2, 0.25) is 0 Å². The summed E-state index contributed by atoms with van der Waals surface area (Å²) in [5.74, 6) is 0. The molecule has 3 heteroatoms. The molecule has 0 fully saturated rings. The third kappa shape index (κ3) is 3.91. The van der Waals surface area contributed by atoms with E-state index in [1.807, 2.05) is 30.3 Å². The van der Waals surface area contributed by atoms with Crippen LogP contribution < -0.4 is 0 Å². The average molecular weight is 586 g/mol. The predicted octanol–water partition coefficient (Wildman–Crippen LogP) is 11.1. The van der Waals surface area contributed by atoms with Crippen molar-refractivity contribution in [1.29, 1.82) is 5.26 Å². The van der Waals surface area contributed by atoms with Crippen LogP contribution >= 0.6 is 0 Å². The van der Waals surface area contributed by atoms with Gasteiger partial charge in [-0.25, -0.2) is 0 Å². The Morgan fingerprint density at radius 3 is 1.85 bits per heavy atom. The Bertz CT molecular complexity index is 2630. The van der Waals surface area contributed by atoms with Crippen molar-refractivity contribution >= 4 is 43.6 Å². The molecule has 0 aliphatic rings. The molecule has 0 bridgehead atoms. The molecule has 9 rings (SSSR count). The van der Waals surface area contributed by atoms with E-state index in [0.29, 0.717) is 5.56 Å². The molecule has 46 heavy (non-hydrogen) atoms. The second-order valence-electron chi connectivity index (χ2n) is 11.7. The van der Waals surface area contributed by atoms with Gasteiger partial charge in [0.25, 0.3) is 0 Å². The number of fused-ring (bicyclic) bond motifs is 6. The first-order chi connectivity index (χ1) is 22.8. The van der Waals surface area contributed by atoms with E-state index < -0.39 is 0 Å². The molecule has 0 amide bonds. The lowest BCUT2D eigenvalue weighted by Crippen LogP contribution is -1.98. The Balaban J connectivity index is 1.34. The van der Waals surface area contributed by atoms with Crippen LogP contribution in [0.5, 0.6) is 0 Å². The van der Waals surface area contributed by atoms with E-state index in [1.165, 1.54) is 43.7 Å². The molecule has 7 aromatic carbocycles. The molecule has 2 aromatic heterocycles. The molecule has 0 saturated carbocycles. The smallest absolute Gasteiger partial charge is 0.0991 e.